The average Bonchev–Trinajstić information content (AvgIpc) is 2.69. The summed E-state index contributed by atoms with van der Waals surface area (Å²) in [4.78, 5) is 25.5. The predicted molar refractivity (Wildman–Crippen MR) is 103 cm³/mol. The maximum atomic E-state index is 12.8. The molecule has 0 fully saturated rings. The van der Waals surface area contributed by atoms with Crippen molar-refractivity contribution in [1.82, 2.24) is 4.57 Å². The third-order valence-corrected chi connectivity index (χ3v) is 4.28. The molecule has 1 N–H and O–H groups in total. The summed E-state index contributed by atoms with van der Waals surface area (Å²) in [5.41, 5.74) is 0.877. The number of amides is 1. The zero-order valence-corrected chi connectivity index (χ0v) is 15.5. The maximum absolute atomic E-state index is 12.8. The molecule has 3 aromatic rings. The second-order valence-electron chi connectivity index (χ2n) is 5.89. The van der Waals surface area contributed by atoms with E-state index in [1.807, 2.05) is 0 Å². The van der Waals surface area contributed by atoms with E-state index in [1.165, 1.54) is 27.5 Å². The highest BCUT2D eigenvalue weighted by molar-refractivity contribution is 6.06. The van der Waals surface area contributed by atoms with E-state index in [9.17, 15) is 9.59 Å². The molecule has 27 heavy (non-hydrogen) atoms. The number of benzene rings is 2. The molecule has 0 aliphatic heterocycles. The van der Waals surface area contributed by atoms with Gasteiger partial charge in [-0.05, 0) is 30.3 Å². The molecular weight excluding hydrogens is 348 g/mol. The van der Waals surface area contributed by atoms with Crippen LogP contribution in [0.2, 0.25) is 0 Å². The maximum Gasteiger partial charge on any atom is 0.261 e. The number of nitrogens with zero attached hydrogens (tertiary/aromatic N) is 1. The van der Waals surface area contributed by atoms with E-state index in [0.29, 0.717) is 33.8 Å². The summed E-state index contributed by atoms with van der Waals surface area (Å²) in [6.45, 7) is 0. The van der Waals surface area contributed by atoms with Crippen molar-refractivity contribution in [3.63, 3.8) is 0 Å². The Morgan fingerprint density at radius 1 is 0.963 bits per heavy atom. The third-order valence-electron chi connectivity index (χ3n) is 4.28. The summed E-state index contributed by atoms with van der Waals surface area (Å²) in [6.07, 6.45) is 1.52. The molecule has 0 aliphatic rings. The monoisotopic (exact) mass is 368 g/mol. The molecule has 7 nitrogen and oxygen atoms in total. The van der Waals surface area contributed by atoms with Gasteiger partial charge >= 0.3 is 0 Å². The van der Waals surface area contributed by atoms with Crippen LogP contribution in [-0.2, 0) is 7.05 Å². The van der Waals surface area contributed by atoms with Crippen LogP contribution in [0.15, 0.2) is 47.4 Å². The molecule has 0 aliphatic carbocycles. The van der Waals surface area contributed by atoms with Gasteiger partial charge in [0.15, 0.2) is 11.5 Å². The predicted octanol–water partition coefficient (Wildman–Crippen LogP) is 2.82. The molecule has 0 bridgehead atoms. The van der Waals surface area contributed by atoms with E-state index in [-0.39, 0.29) is 11.0 Å². The van der Waals surface area contributed by atoms with Crippen LogP contribution < -0.4 is 25.0 Å². The normalized spacial score (nSPS) is 10.5. The van der Waals surface area contributed by atoms with E-state index < -0.39 is 5.91 Å². The quantitative estimate of drug-likeness (QED) is 0.749. The van der Waals surface area contributed by atoms with Crippen molar-refractivity contribution < 1.29 is 19.0 Å². The number of nitrogens with one attached hydrogen (secondary N) is 1. The van der Waals surface area contributed by atoms with Crippen molar-refractivity contribution >= 4 is 22.5 Å². The standard InChI is InChI=1S/C20H20N2O5/c1-22-11-15(19(23)14-10-13(25-2)6-7-16(14)22)20(24)21-12-5-8-17(26-3)18(9-12)27-4/h5-11H,1-4H3,(H,21,24). The first-order valence-electron chi connectivity index (χ1n) is 8.19. The van der Waals surface area contributed by atoms with E-state index in [1.54, 1.807) is 48.0 Å². The van der Waals surface area contributed by atoms with Gasteiger partial charge in [0.1, 0.15) is 11.3 Å². The van der Waals surface area contributed by atoms with Crippen molar-refractivity contribution in [3.8, 4) is 17.2 Å². The lowest BCUT2D eigenvalue weighted by molar-refractivity contribution is 0.102. The number of anilines is 1. The van der Waals surface area contributed by atoms with Crippen LogP contribution in [0.3, 0.4) is 0 Å². The van der Waals surface area contributed by atoms with Gasteiger partial charge in [0, 0.05) is 25.0 Å². The molecule has 0 unspecified atom stereocenters. The Morgan fingerprint density at radius 3 is 2.37 bits per heavy atom. The molecular formula is C20H20N2O5. The summed E-state index contributed by atoms with van der Waals surface area (Å²) < 4.78 is 17.3. The van der Waals surface area contributed by atoms with Gasteiger partial charge in [0.25, 0.3) is 5.91 Å². The minimum atomic E-state index is -0.507. The summed E-state index contributed by atoms with van der Waals surface area (Å²) in [5, 5.41) is 3.14. The average molecular weight is 368 g/mol. The fourth-order valence-corrected chi connectivity index (χ4v) is 2.87. The minimum absolute atomic E-state index is 0.0352. The van der Waals surface area contributed by atoms with Gasteiger partial charge in [-0.3, -0.25) is 9.59 Å². The first-order chi connectivity index (χ1) is 13.0. The summed E-state index contributed by atoms with van der Waals surface area (Å²) >= 11 is 0. The number of carbonyl (C=O) groups is 1. The Labute approximate surface area is 156 Å². The van der Waals surface area contributed by atoms with Gasteiger partial charge in [-0.25, -0.2) is 0 Å². The van der Waals surface area contributed by atoms with Gasteiger partial charge in [-0.2, -0.15) is 0 Å². The molecule has 140 valence electrons. The molecule has 0 atom stereocenters. The highest BCUT2D eigenvalue weighted by Crippen LogP contribution is 2.30. The third kappa shape index (κ3) is 3.44. The van der Waals surface area contributed by atoms with Gasteiger partial charge in [-0.15, -0.1) is 0 Å². The van der Waals surface area contributed by atoms with Crippen LogP contribution in [0.4, 0.5) is 5.69 Å². The van der Waals surface area contributed by atoms with Crippen LogP contribution in [0.25, 0.3) is 10.9 Å². The van der Waals surface area contributed by atoms with Crippen molar-refractivity contribution in [1.29, 1.82) is 0 Å². The summed E-state index contributed by atoms with van der Waals surface area (Å²) in [6, 6.07) is 10.2. The number of hydrogen-bond acceptors (Lipinski definition) is 5. The summed E-state index contributed by atoms with van der Waals surface area (Å²) in [7, 11) is 6.35. The Kier molecular flexibility index (Phi) is 5.03. The molecule has 0 saturated carbocycles. The smallest absolute Gasteiger partial charge is 0.261 e. The second kappa shape index (κ2) is 7.41. The van der Waals surface area contributed by atoms with E-state index in [2.05, 4.69) is 5.32 Å². The Hall–Kier alpha value is -3.48. The first kappa shape index (κ1) is 18.3. The van der Waals surface area contributed by atoms with Crippen LogP contribution in [0.1, 0.15) is 10.4 Å². The fourth-order valence-electron chi connectivity index (χ4n) is 2.87. The number of hydrogen-bond donors (Lipinski definition) is 1. The number of ether oxygens (including phenoxy) is 3. The Balaban J connectivity index is 2.01. The highest BCUT2D eigenvalue weighted by atomic mass is 16.5. The van der Waals surface area contributed by atoms with Gasteiger partial charge in [0.05, 0.1) is 32.2 Å². The number of methoxy groups -OCH3 is 3. The number of aromatic nitrogens is 1. The lowest BCUT2D eigenvalue weighted by Crippen LogP contribution is -2.23. The molecule has 0 radical (unpaired) electrons. The van der Waals surface area contributed by atoms with Gasteiger partial charge < -0.3 is 24.1 Å². The lowest BCUT2D eigenvalue weighted by Gasteiger charge is -2.12. The SMILES string of the molecule is COc1ccc2c(c1)c(=O)c(C(=O)Nc1ccc(OC)c(OC)c1)cn2C. The number of rotatable bonds is 5. The van der Waals surface area contributed by atoms with Crippen LogP contribution in [-0.4, -0.2) is 31.8 Å². The Bertz CT molecular complexity index is 1070. The number of carbonyl (C=O) groups excluding carboxylic acids is 1. The molecule has 2 aromatic carbocycles. The van der Waals surface area contributed by atoms with E-state index in [4.69, 9.17) is 14.2 Å². The zero-order valence-electron chi connectivity index (χ0n) is 15.5. The number of fused-ring (bicyclic) bond motifs is 1. The van der Waals surface area contributed by atoms with Crippen molar-refractivity contribution in [3.05, 3.63) is 58.4 Å². The molecule has 0 spiro atoms. The van der Waals surface area contributed by atoms with Crippen LogP contribution >= 0.6 is 0 Å². The fraction of sp³-hybridized carbons (Fsp3) is 0.200. The van der Waals surface area contributed by atoms with Gasteiger partial charge in [-0.1, -0.05) is 0 Å². The van der Waals surface area contributed by atoms with E-state index in [0.717, 1.165) is 0 Å². The molecule has 1 aromatic heterocycles. The number of pyridine rings is 1. The Morgan fingerprint density at radius 2 is 1.70 bits per heavy atom. The molecule has 3 rings (SSSR count). The van der Waals surface area contributed by atoms with E-state index >= 15 is 0 Å². The van der Waals surface area contributed by atoms with Crippen molar-refractivity contribution in [2.45, 2.75) is 0 Å². The zero-order chi connectivity index (χ0) is 19.6. The molecule has 7 heteroatoms. The van der Waals surface area contributed by atoms with Crippen molar-refractivity contribution in [2.75, 3.05) is 26.6 Å². The number of aryl methyl sites for hydroxylation is 1. The first-order valence-corrected chi connectivity index (χ1v) is 8.19. The highest BCUT2D eigenvalue weighted by Gasteiger charge is 2.16. The van der Waals surface area contributed by atoms with Crippen molar-refractivity contribution in [2.24, 2.45) is 7.05 Å². The van der Waals surface area contributed by atoms with Crippen LogP contribution in [0, 0.1) is 0 Å². The molecule has 1 heterocycles. The molecule has 1 amide bonds. The second-order valence-corrected chi connectivity index (χ2v) is 5.89. The topological polar surface area (TPSA) is 78.8 Å². The van der Waals surface area contributed by atoms with Crippen LogP contribution in [0.5, 0.6) is 17.2 Å². The van der Waals surface area contributed by atoms with Gasteiger partial charge in [0.2, 0.25) is 5.43 Å². The lowest BCUT2D eigenvalue weighted by atomic mass is 10.1. The largest absolute Gasteiger partial charge is 0.497 e. The molecule has 0 saturated heterocycles. The minimum Gasteiger partial charge on any atom is -0.497 e. The summed E-state index contributed by atoms with van der Waals surface area (Å²) in [5.74, 6) is 1.07.